The van der Waals surface area contributed by atoms with Gasteiger partial charge in [0.15, 0.2) is 5.82 Å². The fourth-order valence-electron chi connectivity index (χ4n) is 1.93. The first-order valence-electron chi connectivity index (χ1n) is 7.16. The Bertz CT molecular complexity index is 686. The van der Waals surface area contributed by atoms with Crippen molar-refractivity contribution in [1.29, 1.82) is 0 Å². The standard InChI is InChI=1S/C15H18N3O4P/c19-15(16-8-4-5-9-23(20,21)22)13-10-17-14(18-11-13)12-6-2-1-3-7-12/h1-3,6-7,10-11H,4-5,8-9H2,(H,16,19)(H2,20,21,22). The van der Waals surface area contributed by atoms with Crippen LogP contribution in [-0.4, -0.2) is 38.4 Å². The Balaban J connectivity index is 1.83. The molecule has 122 valence electrons. The maximum atomic E-state index is 11.9. The average molecular weight is 335 g/mol. The molecule has 1 heterocycles. The van der Waals surface area contributed by atoms with Crippen molar-refractivity contribution in [2.45, 2.75) is 12.8 Å². The van der Waals surface area contributed by atoms with Gasteiger partial charge in [-0.05, 0) is 12.8 Å². The molecular formula is C15H18N3O4P. The molecule has 8 heteroatoms. The molecule has 1 aromatic heterocycles. The second kappa shape index (κ2) is 7.97. The molecule has 0 saturated heterocycles. The Morgan fingerprint density at radius 2 is 1.74 bits per heavy atom. The minimum atomic E-state index is -3.96. The number of amides is 1. The molecule has 0 aliphatic carbocycles. The van der Waals surface area contributed by atoms with Crippen molar-refractivity contribution in [2.75, 3.05) is 12.7 Å². The fraction of sp³-hybridized carbons (Fsp3) is 0.267. The van der Waals surface area contributed by atoms with E-state index in [1.165, 1.54) is 12.4 Å². The van der Waals surface area contributed by atoms with Gasteiger partial charge >= 0.3 is 7.60 Å². The van der Waals surface area contributed by atoms with Crippen LogP contribution < -0.4 is 5.32 Å². The summed E-state index contributed by atoms with van der Waals surface area (Å²) in [5.41, 5.74) is 1.22. The van der Waals surface area contributed by atoms with Crippen molar-refractivity contribution in [3.63, 3.8) is 0 Å². The van der Waals surface area contributed by atoms with E-state index in [2.05, 4.69) is 15.3 Å². The highest BCUT2D eigenvalue weighted by Gasteiger charge is 2.12. The minimum Gasteiger partial charge on any atom is -0.352 e. The van der Waals surface area contributed by atoms with E-state index in [4.69, 9.17) is 9.79 Å². The Hall–Kier alpha value is -2.08. The summed E-state index contributed by atoms with van der Waals surface area (Å²) < 4.78 is 10.7. The van der Waals surface area contributed by atoms with Crippen molar-refractivity contribution >= 4 is 13.5 Å². The van der Waals surface area contributed by atoms with E-state index in [9.17, 15) is 9.36 Å². The summed E-state index contributed by atoms with van der Waals surface area (Å²) in [5.74, 6) is 0.240. The zero-order valence-electron chi connectivity index (χ0n) is 12.4. The van der Waals surface area contributed by atoms with Crippen molar-refractivity contribution in [2.24, 2.45) is 0 Å². The SMILES string of the molecule is O=C(NCCCCP(=O)(O)O)c1cnc(-c2ccccc2)nc1. The zero-order chi connectivity index (χ0) is 16.7. The van der Waals surface area contributed by atoms with Gasteiger partial charge in [0.1, 0.15) is 0 Å². The number of carbonyl (C=O) groups is 1. The van der Waals surface area contributed by atoms with Gasteiger partial charge in [0.2, 0.25) is 0 Å². The summed E-state index contributed by atoms with van der Waals surface area (Å²) in [4.78, 5) is 37.7. The number of hydrogen-bond acceptors (Lipinski definition) is 4. The summed E-state index contributed by atoms with van der Waals surface area (Å²) in [6, 6.07) is 9.44. The van der Waals surface area contributed by atoms with Gasteiger partial charge in [0.25, 0.3) is 5.91 Å². The lowest BCUT2D eigenvalue weighted by atomic mass is 10.2. The molecule has 3 N–H and O–H groups in total. The Kier molecular flexibility index (Phi) is 5.98. The number of carbonyl (C=O) groups excluding carboxylic acids is 1. The lowest BCUT2D eigenvalue weighted by Crippen LogP contribution is -2.24. The molecule has 0 aliphatic rings. The monoisotopic (exact) mass is 335 g/mol. The van der Waals surface area contributed by atoms with Crippen LogP contribution in [0.1, 0.15) is 23.2 Å². The highest BCUT2D eigenvalue weighted by atomic mass is 31.2. The van der Waals surface area contributed by atoms with Crippen LogP contribution in [0.5, 0.6) is 0 Å². The molecular weight excluding hydrogens is 317 g/mol. The molecule has 0 spiro atoms. The summed E-state index contributed by atoms with van der Waals surface area (Å²) in [7, 11) is -3.96. The van der Waals surface area contributed by atoms with Gasteiger partial charge in [0.05, 0.1) is 5.56 Å². The van der Waals surface area contributed by atoms with Crippen LogP contribution in [0, 0.1) is 0 Å². The second-order valence-corrected chi connectivity index (χ2v) is 6.79. The van der Waals surface area contributed by atoms with Crippen LogP contribution in [0.4, 0.5) is 0 Å². The quantitative estimate of drug-likeness (QED) is 0.526. The Morgan fingerprint density at radius 3 is 2.35 bits per heavy atom. The average Bonchev–Trinajstić information content (AvgIpc) is 2.54. The molecule has 23 heavy (non-hydrogen) atoms. The van der Waals surface area contributed by atoms with Gasteiger partial charge in [-0.3, -0.25) is 9.36 Å². The van der Waals surface area contributed by atoms with Crippen LogP contribution in [0.2, 0.25) is 0 Å². The molecule has 1 aromatic carbocycles. The first kappa shape index (κ1) is 17.3. The number of benzene rings is 1. The largest absolute Gasteiger partial charge is 0.352 e. The van der Waals surface area contributed by atoms with Crippen LogP contribution in [0.15, 0.2) is 42.7 Å². The molecule has 0 saturated carbocycles. The summed E-state index contributed by atoms with van der Waals surface area (Å²) in [6.07, 6.45) is 3.60. The van der Waals surface area contributed by atoms with Gasteiger partial charge in [-0.15, -0.1) is 0 Å². The first-order valence-corrected chi connectivity index (χ1v) is 8.96. The third-order valence-corrected chi connectivity index (χ3v) is 4.01. The fourth-order valence-corrected chi connectivity index (χ4v) is 2.56. The van der Waals surface area contributed by atoms with Gasteiger partial charge in [-0.2, -0.15) is 0 Å². The molecule has 0 atom stereocenters. The lowest BCUT2D eigenvalue weighted by Gasteiger charge is -2.06. The van der Waals surface area contributed by atoms with Gasteiger partial charge in [-0.25, -0.2) is 9.97 Å². The van der Waals surface area contributed by atoms with E-state index in [0.29, 0.717) is 30.8 Å². The van der Waals surface area contributed by atoms with Gasteiger partial charge in [-0.1, -0.05) is 30.3 Å². The topological polar surface area (TPSA) is 112 Å². The Labute approximate surface area is 134 Å². The van der Waals surface area contributed by atoms with E-state index < -0.39 is 7.60 Å². The second-order valence-electron chi connectivity index (χ2n) is 5.01. The number of rotatable bonds is 7. The molecule has 0 aliphatic heterocycles. The van der Waals surface area contributed by atoms with E-state index >= 15 is 0 Å². The minimum absolute atomic E-state index is 0.169. The lowest BCUT2D eigenvalue weighted by molar-refractivity contribution is 0.0952. The predicted molar refractivity (Wildman–Crippen MR) is 85.9 cm³/mol. The summed E-state index contributed by atoms with van der Waals surface area (Å²) in [6.45, 7) is 0.346. The third kappa shape index (κ3) is 5.90. The summed E-state index contributed by atoms with van der Waals surface area (Å²) >= 11 is 0. The van der Waals surface area contributed by atoms with Crippen molar-refractivity contribution in [3.8, 4) is 11.4 Å². The molecule has 2 rings (SSSR count). The summed E-state index contributed by atoms with van der Waals surface area (Å²) in [5, 5.41) is 2.67. The molecule has 1 amide bonds. The number of unbranched alkanes of at least 4 members (excludes halogenated alkanes) is 1. The van der Waals surface area contributed by atoms with Crippen molar-refractivity contribution < 1.29 is 19.1 Å². The van der Waals surface area contributed by atoms with E-state index in [1.54, 1.807) is 0 Å². The molecule has 0 radical (unpaired) electrons. The van der Waals surface area contributed by atoms with E-state index in [-0.39, 0.29) is 12.1 Å². The third-order valence-electron chi connectivity index (χ3n) is 3.11. The molecule has 0 unspecified atom stereocenters. The highest BCUT2D eigenvalue weighted by Crippen LogP contribution is 2.35. The maximum Gasteiger partial charge on any atom is 0.325 e. The van der Waals surface area contributed by atoms with Crippen LogP contribution in [0.3, 0.4) is 0 Å². The van der Waals surface area contributed by atoms with Crippen LogP contribution in [0.25, 0.3) is 11.4 Å². The highest BCUT2D eigenvalue weighted by molar-refractivity contribution is 7.51. The van der Waals surface area contributed by atoms with Crippen LogP contribution >= 0.6 is 7.60 Å². The van der Waals surface area contributed by atoms with E-state index in [0.717, 1.165) is 5.56 Å². The number of aromatic nitrogens is 2. The van der Waals surface area contributed by atoms with Gasteiger partial charge in [0, 0.05) is 30.7 Å². The van der Waals surface area contributed by atoms with Crippen molar-refractivity contribution in [3.05, 3.63) is 48.3 Å². The molecule has 0 bridgehead atoms. The number of hydrogen-bond donors (Lipinski definition) is 3. The number of nitrogens with zero attached hydrogens (tertiary/aromatic N) is 2. The molecule has 7 nitrogen and oxygen atoms in total. The Morgan fingerprint density at radius 1 is 1.09 bits per heavy atom. The number of nitrogens with one attached hydrogen (secondary N) is 1. The zero-order valence-corrected chi connectivity index (χ0v) is 13.3. The van der Waals surface area contributed by atoms with Gasteiger partial charge < -0.3 is 15.1 Å². The molecule has 2 aromatic rings. The van der Waals surface area contributed by atoms with Crippen molar-refractivity contribution in [1.82, 2.24) is 15.3 Å². The maximum absolute atomic E-state index is 11.9. The predicted octanol–water partition coefficient (Wildman–Crippen LogP) is 1.83. The normalized spacial score (nSPS) is 11.2. The van der Waals surface area contributed by atoms with E-state index in [1.807, 2.05) is 30.3 Å². The van der Waals surface area contributed by atoms with Crippen LogP contribution in [-0.2, 0) is 4.57 Å². The molecule has 0 fully saturated rings. The smallest absolute Gasteiger partial charge is 0.325 e. The first-order chi connectivity index (χ1) is 11.0.